The molecule has 8 heteroatoms. The molecule has 2 heterocycles. The van der Waals surface area contributed by atoms with Crippen LogP contribution in [0.4, 0.5) is 0 Å². The topological polar surface area (TPSA) is 65.4 Å². The zero-order chi connectivity index (χ0) is 23.4. The van der Waals surface area contributed by atoms with Crippen molar-refractivity contribution in [3.63, 3.8) is 0 Å². The Kier molecular flexibility index (Phi) is 7.13. The maximum Gasteiger partial charge on any atom is 0.253 e. The van der Waals surface area contributed by atoms with Crippen LogP contribution >= 0.6 is 22.9 Å². The molecule has 2 aromatic carbocycles. The third-order valence-electron chi connectivity index (χ3n) is 5.29. The van der Waals surface area contributed by atoms with Crippen LogP contribution in [0.2, 0.25) is 5.02 Å². The number of nitrogens with one attached hydrogen (secondary N) is 1. The molecule has 170 valence electrons. The van der Waals surface area contributed by atoms with Crippen LogP contribution in [0, 0.1) is 6.92 Å². The van der Waals surface area contributed by atoms with Gasteiger partial charge in [0.15, 0.2) is 0 Å². The van der Waals surface area contributed by atoms with Gasteiger partial charge in [-0.05, 0) is 43.3 Å². The number of halogens is 1. The first-order valence-corrected chi connectivity index (χ1v) is 11.6. The Labute approximate surface area is 201 Å². The van der Waals surface area contributed by atoms with E-state index in [0.717, 1.165) is 39.1 Å². The molecule has 4 rings (SSSR count). The molecule has 0 aliphatic heterocycles. The molecule has 0 saturated carbocycles. The first-order chi connectivity index (χ1) is 16.0. The lowest BCUT2D eigenvalue weighted by Crippen LogP contribution is -2.27. The third kappa shape index (κ3) is 4.80. The zero-order valence-corrected chi connectivity index (χ0v) is 20.2. The lowest BCUT2D eigenvalue weighted by molar-refractivity contribution is 0.0936. The highest BCUT2D eigenvalue weighted by Crippen LogP contribution is 2.35. The fraction of sp³-hybridized carbons (Fsp3) is 0.200. The number of amides is 1. The van der Waals surface area contributed by atoms with Crippen molar-refractivity contribution in [2.24, 2.45) is 0 Å². The Morgan fingerprint density at radius 3 is 2.61 bits per heavy atom. The first kappa shape index (κ1) is 23.0. The lowest BCUT2D eigenvalue weighted by Gasteiger charge is -2.12. The van der Waals surface area contributed by atoms with Crippen molar-refractivity contribution >= 4 is 28.8 Å². The van der Waals surface area contributed by atoms with Crippen LogP contribution in [0.15, 0.2) is 60.0 Å². The summed E-state index contributed by atoms with van der Waals surface area (Å²) in [6, 6.07) is 17.2. The molecule has 0 aliphatic rings. The number of nitrogens with zero attached hydrogens (tertiary/aromatic N) is 2. The smallest absolute Gasteiger partial charge is 0.253 e. The van der Waals surface area contributed by atoms with Crippen molar-refractivity contribution < 1.29 is 14.3 Å². The van der Waals surface area contributed by atoms with Crippen LogP contribution in [0.3, 0.4) is 0 Å². The van der Waals surface area contributed by atoms with Crippen LogP contribution in [0.5, 0.6) is 5.75 Å². The average Bonchev–Trinajstić information content (AvgIpc) is 3.44. The molecule has 0 aliphatic carbocycles. The lowest BCUT2D eigenvalue weighted by atomic mass is 10.2. The summed E-state index contributed by atoms with van der Waals surface area (Å²) >= 11 is 7.90. The van der Waals surface area contributed by atoms with Gasteiger partial charge in [0.1, 0.15) is 10.8 Å². The Hall–Kier alpha value is -3.13. The second-order valence-corrected chi connectivity index (χ2v) is 8.59. The number of benzene rings is 2. The molecule has 0 spiro atoms. The summed E-state index contributed by atoms with van der Waals surface area (Å²) in [5.74, 6) is 0.608. The highest BCUT2D eigenvalue weighted by Gasteiger charge is 2.21. The molecule has 4 aromatic rings. The van der Waals surface area contributed by atoms with E-state index in [1.165, 1.54) is 11.3 Å². The van der Waals surface area contributed by atoms with Crippen molar-refractivity contribution in [3.05, 3.63) is 76.3 Å². The Bertz CT molecular complexity index is 1260. The van der Waals surface area contributed by atoms with E-state index in [-0.39, 0.29) is 5.91 Å². The van der Waals surface area contributed by atoms with E-state index in [1.807, 2.05) is 71.5 Å². The van der Waals surface area contributed by atoms with Crippen LogP contribution in [0.1, 0.15) is 16.1 Å². The van der Waals surface area contributed by atoms with Gasteiger partial charge in [0.25, 0.3) is 5.91 Å². The van der Waals surface area contributed by atoms with E-state index >= 15 is 0 Å². The minimum atomic E-state index is -0.153. The number of ether oxygens (including phenoxy) is 2. The van der Waals surface area contributed by atoms with E-state index in [9.17, 15) is 4.79 Å². The first-order valence-electron chi connectivity index (χ1n) is 10.4. The number of carbonyl (C=O) groups is 1. The predicted octanol–water partition coefficient (Wildman–Crippen LogP) is 5.61. The van der Waals surface area contributed by atoms with Crippen molar-refractivity contribution in [3.8, 4) is 33.4 Å². The summed E-state index contributed by atoms with van der Waals surface area (Å²) in [5, 5.41) is 6.37. The fourth-order valence-corrected chi connectivity index (χ4v) is 4.73. The van der Waals surface area contributed by atoms with E-state index < -0.39 is 0 Å². The monoisotopic (exact) mass is 481 g/mol. The number of hydrogen-bond acceptors (Lipinski definition) is 5. The summed E-state index contributed by atoms with van der Waals surface area (Å²) in [5.41, 5.74) is 4.79. The summed E-state index contributed by atoms with van der Waals surface area (Å²) in [6.45, 7) is 2.82. The second-order valence-electron chi connectivity index (χ2n) is 7.33. The fourth-order valence-electron chi connectivity index (χ4n) is 3.60. The van der Waals surface area contributed by atoms with Gasteiger partial charge in [-0.2, -0.15) is 0 Å². The number of aromatic nitrogens is 2. The molecule has 0 bridgehead atoms. The molecule has 1 amide bonds. The molecule has 0 atom stereocenters. The Morgan fingerprint density at radius 1 is 1.15 bits per heavy atom. The highest BCUT2D eigenvalue weighted by atomic mass is 35.5. The summed E-state index contributed by atoms with van der Waals surface area (Å²) < 4.78 is 12.4. The molecule has 2 aromatic heterocycles. The van der Waals surface area contributed by atoms with E-state index in [0.29, 0.717) is 23.7 Å². The molecule has 0 saturated heterocycles. The molecular formula is C25H24ClN3O3S. The number of hydrogen-bond donors (Lipinski definition) is 1. The van der Waals surface area contributed by atoms with Crippen LogP contribution in [0.25, 0.3) is 27.6 Å². The molecule has 6 nitrogen and oxygen atoms in total. The van der Waals surface area contributed by atoms with Gasteiger partial charge in [-0.1, -0.05) is 29.8 Å². The van der Waals surface area contributed by atoms with Gasteiger partial charge < -0.3 is 19.4 Å². The van der Waals surface area contributed by atoms with Crippen molar-refractivity contribution in [1.29, 1.82) is 0 Å². The standard InChI is InChI=1S/C25H24ClN3O3S/c1-16-20(24(30)27-12-13-31-2)14-23(29(16)17-8-10-18(32-3)11-9-17)22-15-33-25(28-22)19-6-4-5-7-21(19)26/h4-11,14-15H,12-13H2,1-3H3,(H,27,30). The molecule has 33 heavy (non-hydrogen) atoms. The second kappa shape index (κ2) is 10.2. The third-order valence-corrected chi connectivity index (χ3v) is 6.49. The summed E-state index contributed by atoms with van der Waals surface area (Å²) in [7, 11) is 3.24. The largest absolute Gasteiger partial charge is 0.497 e. The summed E-state index contributed by atoms with van der Waals surface area (Å²) in [4.78, 5) is 17.8. The molecule has 0 fully saturated rings. The number of methoxy groups -OCH3 is 2. The van der Waals surface area contributed by atoms with E-state index in [4.69, 9.17) is 26.1 Å². The van der Waals surface area contributed by atoms with Crippen LogP contribution in [-0.2, 0) is 4.74 Å². The molecule has 0 radical (unpaired) electrons. The average molecular weight is 482 g/mol. The SMILES string of the molecule is COCCNC(=O)c1cc(-c2csc(-c3ccccc3Cl)n2)n(-c2ccc(OC)cc2)c1C. The van der Waals surface area contributed by atoms with Gasteiger partial charge >= 0.3 is 0 Å². The quantitative estimate of drug-likeness (QED) is 0.332. The zero-order valence-electron chi connectivity index (χ0n) is 18.6. The molecule has 0 unspecified atom stereocenters. The van der Waals surface area contributed by atoms with Gasteiger partial charge in [-0.15, -0.1) is 11.3 Å². The minimum absolute atomic E-state index is 0.153. The summed E-state index contributed by atoms with van der Waals surface area (Å²) in [6.07, 6.45) is 0. The van der Waals surface area contributed by atoms with Gasteiger partial charge in [-0.3, -0.25) is 4.79 Å². The van der Waals surface area contributed by atoms with E-state index in [1.54, 1.807) is 14.2 Å². The maximum absolute atomic E-state index is 12.9. The van der Waals surface area contributed by atoms with Gasteiger partial charge in [0, 0.05) is 36.0 Å². The maximum atomic E-state index is 12.9. The minimum Gasteiger partial charge on any atom is -0.497 e. The van der Waals surface area contributed by atoms with Crippen LogP contribution in [-0.4, -0.2) is 42.8 Å². The van der Waals surface area contributed by atoms with Crippen molar-refractivity contribution in [2.75, 3.05) is 27.4 Å². The van der Waals surface area contributed by atoms with Crippen molar-refractivity contribution in [2.45, 2.75) is 6.92 Å². The molecular weight excluding hydrogens is 458 g/mol. The predicted molar refractivity (Wildman–Crippen MR) is 133 cm³/mol. The van der Waals surface area contributed by atoms with Gasteiger partial charge in [0.05, 0.1) is 35.7 Å². The van der Waals surface area contributed by atoms with Gasteiger partial charge in [-0.25, -0.2) is 4.98 Å². The van der Waals surface area contributed by atoms with Crippen molar-refractivity contribution in [1.82, 2.24) is 14.9 Å². The highest BCUT2D eigenvalue weighted by molar-refractivity contribution is 7.13. The normalized spacial score (nSPS) is 10.9. The Balaban J connectivity index is 1.80. The Morgan fingerprint density at radius 2 is 1.91 bits per heavy atom. The number of rotatable bonds is 8. The molecule has 1 N–H and O–H groups in total. The van der Waals surface area contributed by atoms with Crippen LogP contribution < -0.4 is 10.1 Å². The number of carbonyl (C=O) groups excluding carboxylic acids is 1. The number of thiazole rings is 1. The van der Waals surface area contributed by atoms with E-state index in [2.05, 4.69) is 5.32 Å². The van der Waals surface area contributed by atoms with Gasteiger partial charge in [0.2, 0.25) is 0 Å².